The van der Waals surface area contributed by atoms with Crippen LogP contribution >= 0.6 is 0 Å². The van der Waals surface area contributed by atoms with Gasteiger partial charge in [0.2, 0.25) is 0 Å². The number of carbonyl (C=O) groups excluding carboxylic acids is 1. The Hall–Kier alpha value is -3.36. The van der Waals surface area contributed by atoms with E-state index in [9.17, 15) is 10.1 Å². The lowest BCUT2D eigenvalue weighted by Gasteiger charge is -2.05. The van der Waals surface area contributed by atoms with E-state index in [0.29, 0.717) is 13.2 Å². The minimum absolute atomic E-state index is 0.0336. The number of nitriles is 1. The standard InChI is InChI=1S/C22H20N2O3/c1-26-11-12-27-22(25)18(14-23)13-19-16-24(15-17-7-3-2-4-8-17)21-10-6-5-9-20(19)21/h2-10,13,16H,11-12,15H2,1H3/b18-13+. The molecule has 136 valence electrons. The molecule has 0 saturated heterocycles. The molecule has 0 aliphatic rings. The molecule has 5 nitrogen and oxygen atoms in total. The SMILES string of the molecule is COCCOC(=O)/C(C#N)=C/c1cn(Cc2ccccc2)c2ccccc12. The van der Waals surface area contributed by atoms with E-state index in [1.54, 1.807) is 6.08 Å². The minimum atomic E-state index is -0.644. The second-order valence-corrected chi connectivity index (χ2v) is 6.01. The zero-order valence-corrected chi connectivity index (χ0v) is 15.1. The Kier molecular flexibility index (Phi) is 6.03. The van der Waals surface area contributed by atoms with Crippen molar-refractivity contribution in [3.63, 3.8) is 0 Å². The molecule has 0 aliphatic carbocycles. The van der Waals surface area contributed by atoms with Crippen LogP contribution in [0.2, 0.25) is 0 Å². The number of methoxy groups -OCH3 is 1. The van der Waals surface area contributed by atoms with Crippen molar-refractivity contribution in [2.24, 2.45) is 0 Å². The van der Waals surface area contributed by atoms with Gasteiger partial charge in [0.15, 0.2) is 0 Å². The maximum Gasteiger partial charge on any atom is 0.348 e. The molecular formula is C22H20N2O3. The van der Waals surface area contributed by atoms with Crippen molar-refractivity contribution in [3.8, 4) is 6.07 Å². The first-order valence-corrected chi connectivity index (χ1v) is 8.62. The molecule has 5 heteroatoms. The average Bonchev–Trinajstić information content (AvgIpc) is 3.04. The molecule has 0 aliphatic heterocycles. The Morgan fingerprint density at radius 2 is 1.85 bits per heavy atom. The van der Waals surface area contributed by atoms with Crippen molar-refractivity contribution in [1.29, 1.82) is 5.26 Å². The zero-order valence-electron chi connectivity index (χ0n) is 15.1. The van der Waals surface area contributed by atoms with Crippen LogP contribution in [-0.4, -0.2) is 30.9 Å². The molecule has 0 amide bonds. The molecule has 0 bridgehead atoms. The van der Waals surface area contributed by atoms with Gasteiger partial charge in [0.1, 0.15) is 18.2 Å². The van der Waals surface area contributed by atoms with Crippen molar-refractivity contribution in [2.75, 3.05) is 20.3 Å². The molecule has 3 aromatic rings. The number of fused-ring (bicyclic) bond motifs is 1. The molecule has 0 fully saturated rings. The van der Waals surface area contributed by atoms with E-state index >= 15 is 0 Å². The third kappa shape index (κ3) is 4.43. The van der Waals surface area contributed by atoms with Crippen LogP contribution in [0.4, 0.5) is 0 Å². The number of ether oxygens (including phenoxy) is 2. The number of carbonyl (C=O) groups is 1. The molecule has 0 radical (unpaired) electrons. The van der Waals surface area contributed by atoms with Crippen LogP contribution < -0.4 is 0 Å². The van der Waals surface area contributed by atoms with Gasteiger partial charge < -0.3 is 14.0 Å². The van der Waals surface area contributed by atoms with Crippen molar-refractivity contribution in [2.45, 2.75) is 6.54 Å². The summed E-state index contributed by atoms with van der Waals surface area (Å²) in [6, 6.07) is 20.0. The molecule has 0 saturated carbocycles. The van der Waals surface area contributed by atoms with E-state index < -0.39 is 5.97 Å². The molecule has 1 heterocycles. The van der Waals surface area contributed by atoms with Crippen LogP contribution in [0, 0.1) is 11.3 Å². The first-order chi connectivity index (χ1) is 13.2. The Morgan fingerprint density at radius 1 is 1.11 bits per heavy atom. The van der Waals surface area contributed by atoms with Crippen LogP contribution in [-0.2, 0) is 20.8 Å². The number of para-hydroxylation sites is 1. The van der Waals surface area contributed by atoms with Gasteiger partial charge in [-0.3, -0.25) is 0 Å². The lowest BCUT2D eigenvalue weighted by molar-refractivity contribution is -0.139. The second-order valence-electron chi connectivity index (χ2n) is 6.01. The third-order valence-electron chi connectivity index (χ3n) is 4.18. The topological polar surface area (TPSA) is 64.2 Å². The summed E-state index contributed by atoms with van der Waals surface area (Å²) in [6.07, 6.45) is 3.54. The summed E-state index contributed by atoms with van der Waals surface area (Å²) in [5.74, 6) is -0.644. The molecule has 1 aromatic heterocycles. The monoisotopic (exact) mass is 360 g/mol. The molecule has 0 atom stereocenters. The van der Waals surface area contributed by atoms with Gasteiger partial charge in [-0.2, -0.15) is 5.26 Å². The number of esters is 1. The fourth-order valence-electron chi connectivity index (χ4n) is 2.89. The minimum Gasteiger partial charge on any atom is -0.459 e. The summed E-state index contributed by atoms with van der Waals surface area (Å²) in [5.41, 5.74) is 2.99. The van der Waals surface area contributed by atoms with Crippen molar-refractivity contribution in [1.82, 2.24) is 4.57 Å². The molecule has 27 heavy (non-hydrogen) atoms. The van der Waals surface area contributed by atoms with Crippen LogP contribution in [0.25, 0.3) is 17.0 Å². The lowest BCUT2D eigenvalue weighted by Crippen LogP contribution is -2.11. The van der Waals surface area contributed by atoms with Crippen molar-refractivity contribution in [3.05, 3.63) is 77.5 Å². The van der Waals surface area contributed by atoms with Gasteiger partial charge in [-0.15, -0.1) is 0 Å². The van der Waals surface area contributed by atoms with Crippen molar-refractivity contribution >= 4 is 22.9 Å². The Labute approximate surface area is 158 Å². The molecular weight excluding hydrogens is 340 g/mol. The van der Waals surface area contributed by atoms with Crippen LogP contribution in [0.3, 0.4) is 0 Å². The molecule has 0 spiro atoms. The van der Waals surface area contributed by atoms with Crippen molar-refractivity contribution < 1.29 is 14.3 Å². The smallest absolute Gasteiger partial charge is 0.348 e. The summed E-state index contributed by atoms with van der Waals surface area (Å²) in [6.45, 7) is 1.11. The average molecular weight is 360 g/mol. The fraction of sp³-hybridized carbons (Fsp3) is 0.182. The molecule has 0 N–H and O–H groups in total. The number of benzene rings is 2. The Balaban J connectivity index is 1.94. The van der Waals surface area contributed by atoms with Gasteiger partial charge in [0.05, 0.1) is 6.61 Å². The largest absolute Gasteiger partial charge is 0.459 e. The number of aromatic nitrogens is 1. The highest BCUT2D eigenvalue weighted by Gasteiger charge is 2.13. The maximum absolute atomic E-state index is 12.1. The van der Waals surface area contributed by atoms with Crippen LogP contribution in [0.1, 0.15) is 11.1 Å². The van der Waals surface area contributed by atoms with E-state index in [1.807, 2.05) is 54.7 Å². The number of nitrogens with zero attached hydrogens (tertiary/aromatic N) is 2. The number of hydrogen-bond acceptors (Lipinski definition) is 4. The Bertz CT molecular complexity index is 997. The molecule has 3 rings (SSSR count). The van der Waals surface area contributed by atoms with Crippen LogP contribution in [0.5, 0.6) is 0 Å². The van der Waals surface area contributed by atoms with E-state index in [-0.39, 0.29) is 12.2 Å². The van der Waals surface area contributed by atoms with Gasteiger partial charge in [0, 0.05) is 36.3 Å². The van der Waals surface area contributed by atoms with Gasteiger partial charge >= 0.3 is 5.97 Å². The summed E-state index contributed by atoms with van der Waals surface area (Å²) in [4.78, 5) is 12.1. The van der Waals surface area contributed by atoms with Gasteiger partial charge in [0.25, 0.3) is 0 Å². The van der Waals surface area contributed by atoms with Gasteiger partial charge in [-0.05, 0) is 17.7 Å². The quantitative estimate of drug-likeness (QED) is 0.278. The van der Waals surface area contributed by atoms with E-state index in [4.69, 9.17) is 9.47 Å². The van der Waals surface area contributed by atoms with Gasteiger partial charge in [-0.25, -0.2) is 4.79 Å². The first-order valence-electron chi connectivity index (χ1n) is 8.62. The number of rotatable bonds is 7. The molecule has 2 aromatic carbocycles. The summed E-state index contributed by atoms with van der Waals surface area (Å²) < 4.78 is 12.0. The molecule has 0 unspecified atom stereocenters. The van der Waals surface area contributed by atoms with E-state index in [2.05, 4.69) is 16.7 Å². The highest BCUT2D eigenvalue weighted by molar-refractivity contribution is 6.01. The summed E-state index contributed by atoms with van der Waals surface area (Å²) in [7, 11) is 1.52. The summed E-state index contributed by atoms with van der Waals surface area (Å²) in [5, 5.41) is 10.3. The second kappa shape index (κ2) is 8.84. The van der Waals surface area contributed by atoms with E-state index in [1.165, 1.54) is 12.7 Å². The zero-order chi connectivity index (χ0) is 19.1. The van der Waals surface area contributed by atoms with Crippen LogP contribution in [0.15, 0.2) is 66.4 Å². The highest BCUT2D eigenvalue weighted by atomic mass is 16.6. The maximum atomic E-state index is 12.1. The highest BCUT2D eigenvalue weighted by Crippen LogP contribution is 2.24. The third-order valence-corrected chi connectivity index (χ3v) is 4.18. The number of hydrogen-bond donors (Lipinski definition) is 0. The normalized spacial score (nSPS) is 11.3. The summed E-state index contributed by atoms with van der Waals surface area (Å²) >= 11 is 0. The predicted octanol–water partition coefficient (Wildman–Crippen LogP) is 3.79. The van der Waals surface area contributed by atoms with E-state index in [0.717, 1.165) is 16.5 Å². The van der Waals surface area contributed by atoms with Gasteiger partial charge in [-0.1, -0.05) is 48.5 Å². The lowest BCUT2D eigenvalue weighted by atomic mass is 10.1. The fourth-order valence-corrected chi connectivity index (χ4v) is 2.89. The first kappa shape index (κ1) is 18.4. The predicted molar refractivity (Wildman–Crippen MR) is 104 cm³/mol. The Morgan fingerprint density at radius 3 is 2.59 bits per heavy atom.